The van der Waals surface area contributed by atoms with Crippen molar-refractivity contribution < 1.29 is 37.4 Å². The molecular weight excluding hydrogens is 438 g/mol. The Balaban J connectivity index is 1.76. The van der Waals surface area contributed by atoms with Gasteiger partial charge in [0.25, 0.3) is 12.3 Å². The van der Waals surface area contributed by atoms with E-state index in [0.29, 0.717) is 0 Å². The molecule has 33 heavy (non-hydrogen) atoms. The number of alkyl halides is 2. The van der Waals surface area contributed by atoms with Gasteiger partial charge in [-0.2, -0.15) is 0 Å². The van der Waals surface area contributed by atoms with Crippen LogP contribution >= 0.6 is 0 Å². The van der Waals surface area contributed by atoms with Crippen molar-refractivity contribution in [2.45, 2.75) is 32.5 Å². The molecule has 0 aliphatic carbocycles. The number of hydrogen-bond acceptors (Lipinski definition) is 6. The van der Waals surface area contributed by atoms with Gasteiger partial charge in [0.15, 0.2) is 5.60 Å². The van der Waals surface area contributed by atoms with Crippen LogP contribution in [-0.4, -0.2) is 43.8 Å². The predicted molar refractivity (Wildman–Crippen MR) is 114 cm³/mol. The third kappa shape index (κ3) is 5.39. The standard InChI is InChI=1S/C23H24F2N2O6/c1-23(2)21(29)27(10-9-26-22(30)32-13-14-7-5-4-6-8-14)17-11-16(20(28)31-3)15(19(24)25)12-18(17)33-23/h4-8,11-12,19H,9-10,13H2,1-3H3,(H,26,30). The number of nitrogens with one attached hydrogen (secondary N) is 1. The second kappa shape index (κ2) is 9.85. The highest BCUT2D eigenvalue weighted by molar-refractivity contribution is 6.04. The van der Waals surface area contributed by atoms with Crippen LogP contribution in [0.25, 0.3) is 0 Å². The average molecular weight is 462 g/mol. The maximum absolute atomic E-state index is 13.5. The largest absolute Gasteiger partial charge is 0.476 e. The van der Waals surface area contributed by atoms with Gasteiger partial charge in [-0.15, -0.1) is 0 Å². The van der Waals surface area contributed by atoms with Crippen LogP contribution in [0.15, 0.2) is 42.5 Å². The first-order chi connectivity index (χ1) is 15.6. The van der Waals surface area contributed by atoms with Gasteiger partial charge in [-0.3, -0.25) is 4.79 Å². The van der Waals surface area contributed by atoms with Gasteiger partial charge in [-0.25, -0.2) is 18.4 Å². The first-order valence-electron chi connectivity index (χ1n) is 10.1. The molecule has 0 bridgehead atoms. The van der Waals surface area contributed by atoms with Crippen molar-refractivity contribution in [3.05, 3.63) is 59.2 Å². The Labute approximate surface area is 189 Å². The van der Waals surface area contributed by atoms with Crippen molar-refractivity contribution in [2.75, 3.05) is 25.1 Å². The van der Waals surface area contributed by atoms with Crippen molar-refractivity contribution in [1.82, 2.24) is 5.32 Å². The highest BCUT2D eigenvalue weighted by Gasteiger charge is 2.42. The third-order valence-corrected chi connectivity index (χ3v) is 5.01. The Bertz CT molecular complexity index is 1040. The van der Waals surface area contributed by atoms with Crippen molar-refractivity contribution in [3.63, 3.8) is 0 Å². The highest BCUT2D eigenvalue weighted by atomic mass is 19.3. The number of rotatable bonds is 7. The maximum atomic E-state index is 13.5. The summed E-state index contributed by atoms with van der Waals surface area (Å²) >= 11 is 0. The molecule has 0 atom stereocenters. The van der Waals surface area contributed by atoms with Gasteiger partial charge in [0.05, 0.1) is 18.4 Å². The monoisotopic (exact) mass is 462 g/mol. The van der Waals surface area contributed by atoms with Gasteiger partial charge in [0.1, 0.15) is 12.4 Å². The lowest BCUT2D eigenvalue weighted by molar-refractivity contribution is -0.132. The quantitative estimate of drug-likeness (QED) is 0.629. The SMILES string of the molecule is COC(=O)c1cc2c(cc1C(F)F)OC(C)(C)C(=O)N2CCNC(=O)OCc1ccccc1. The third-order valence-electron chi connectivity index (χ3n) is 5.01. The van der Waals surface area contributed by atoms with Gasteiger partial charge < -0.3 is 24.4 Å². The Morgan fingerprint density at radius 1 is 1.18 bits per heavy atom. The van der Waals surface area contributed by atoms with Crippen LogP contribution in [0, 0.1) is 0 Å². The molecule has 2 amide bonds. The number of ether oxygens (including phenoxy) is 3. The number of hydrogen-bond donors (Lipinski definition) is 1. The van der Waals surface area contributed by atoms with E-state index in [1.54, 1.807) is 0 Å². The molecule has 2 aromatic carbocycles. The zero-order chi connectivity index (χ0) is 24.2. The molecule has 3 rings (SSSR count). The van der Waals surface area contributed by atoms with Crippen molar-refractivity contribution >= 4 is 23.7 Å². The van der Waals surface area contributed by atoms with Crippen LogP contribution in [0.4, 0.5) is 19.3 Å². The van der Waals surface area contributed by atoms with Gasteiger partial charge in [-0.1, -0.05) is 30.3 Å². The Hall–Kier alpha value is -3.69. The van der Waals surface area contributed by atoms with Crippen LogP contribution < -0.4 is 15.0 Å². The lowest BCUT2D eigenvalue weighted by Crippen LogP contribution is -2.54. The Morgan fingerprint density at radius 2 is 1.88 bits per heavy atom. The average Bonchev–Trinajstić information content (AvgIpc) is 2.79. The number of alkyl carbamates (subject to hydrolysis) is 1. The van der Waals surface area contributed by atoms with Gasteiger partial charge >= 0.3 is 12.1 Å². The Morgan fingerprint density at radius 3 is 2.52 bits per heavy atom. The number of benzene rings is 2. The summed E-state index contributed by atoms with van der Waals surface area (Å²) in [7, 11) is 1.07. The van der Waals surface area contributed by atoms with Crippen LogP contribution in [0.2, 0.25) is 0 Å². The van der Waals surface area contributed by atoms with E-state index in [0.717, 1.165) is 24.8 Å². The highest BCUT2D eigenvalue weighted by Crippen LogP contribution is 2.41. The molecule has 1 aliphatic rings. The van der Waals surface area contributed by atoms with E-state index in [-0.39, 0.29) is 36.7 Å². The van der Waals surface area contributed by atoms with Crippen LogP contribution in [0.1, 0.15) is 41.8 Å². The van der Waals surface area contributed by atoms with Crippen molar-refractivity contribution in [2.24, 2.45) is 0 Å². The molecule has 1 heterocycles. The van der Waals surface area contributed by atoms with Crippen molar-refractivity contribution in [3.8, 4) is 5.75 Å². The van der Waals surface area contributed by atoms with E-state index < -0.39 is 35.6 Å². The molecular formula is C23H24F2N2O6. The fourth-order valence-electron chi connectivity index (χ4n) is 3.36. The lowest BCUT2D eigenvalue weighted by Gasteiger charge is -2.39. The fraction of sp³-hybridized carbons (Fsp3) is 0.348. The van der Waals surface area contributed by atoms with Crippen LogP contribution in [0.5, 0.6) is 5.75 Å². The minimum atomic E-state index is -2.96. The summed E-state index contributed by atoms with van der Waals surface area (Å²) in [5.74, 6) is -1.41. The summed E-state index contributed by atoms with van der Waals surface area (Å²) in [6.45, 7) is 3.09. The number of esters is 1. The first kappa shape index (κ1) is 24.0. The van der Waals surface area contributed by atoms with E-state index in [2.05, 4.69) is 10.1 Å². The molecule has 176 valence electrons. The number of methoxy groups -OCH3 is 1. The zero-order valence-electron chi connectivity index (χ0n) is 18.4. The second-order valence-corrected chi connectivity index (χ2v) is 7.76. The zero-order valence-corrected chi connectivity index (χ0v) is 18.4. The summed E-state index contributed by atoms with van der Waals surface area (Å²) in [6, 6.07) is 11.3. The molecule has 0 radical (unpaired) electrons. The van der Waals surface area contributed by atoms with Crippen molar-refractivity contribution in [1.29, 1.82) is 0 Å². The summed E-state index contributed by atoms with van der Waals surface area (Å²) in [6.07, 6.45) is -3.63. The molecule has 0 saturated carbocycles. The molecule has 8 nitrogen and oxygen atoms in total. The molecule has 10 heteroatoms. The van der Waals surface area contributed by atoms with E-state index >= 15 is 0 Å². The normalized spacial score (nSPS) is 14.4. The van der Waals surface area contributed by atoms with Crippen LogP contribution in [-0.2, 0) is 20.9 Å². The molecule has 1 aliphatic heterocycles. The minimum Gasteiger partial charge on any atom is -0.476 e. The summed E-state index contributed by atoms with van der Waals surface area (Å²) < 4.78 is 42.5. The van der Waals surface area contributed by atoms with Gasteiger partial charge in [0.2, 0.25) is 0 Å². The maximum Gasteiger partial charge on any atom is 0.407 e. The molecule has 0 saturated heterocycles. The topological polar surface area (TPSA) is 94.2 Å². The van der Waals surface area contributed by atoms with E-state index in [1.807, 2.05) is 30.3 Å². The molecule has 0 aromatic heterocycles. The summed E-state index contributed by atoms with van der Waals surface area (Å²) in [5, 5.41) is 2.55. The number of amides is 2. The van der Waals surface area contributed by atoms with Crippen LogP contribution in [0.3, 0.4) is 0 Å². The van der Waals surface area contributed by atoms with Gasteiger partial charge in [0, 0.05) is 18.7 Å². The molecule has 1 N–H and O–H groups in total. The number of nitrogens with zero attached hydrogens (tertiary/aromatic N) is 1. The number of carbonyl (C=O) groups excluding carboxylic acids is 3. The summed E-state index contributed by atoms with van der Waals surface area (Å²) in [5.41, 5.74) is -1.33. The molecule has 0 fully saturated rings. The molecule has 2 aromatic rings. The minimum absolute atomic E-state index is 0.00625. The lowest BCUT2D eigenvalue weighted by atomic mass is 9.99. The number of anilines is 1. The predicted octanol–water partition coefficient (Wildman–Crippen LogP) is 3.84. The number of halogens is 2. The van der Waals surface area contributed by atoms with Gasteiger partial charge in [-0.05, 0) is 31.5 Å². The number of fused-ring (bicyclic) bond motifs is 1. The molecule has 0 spiro atoms. The fourth-order valence-corrected chi connectivity index (χ4v) is 3.36. The Kier molecular flexibility index (Phi) is 7.15. The number of carbonyl (C=O) groups is 3. The first-order valence-corrected chi connectivity index (χ1v) is 10.1. The summed E-state index contributed by atoms with van der Waals surface area (Å²) in [4.78, 5) is 38.3. The van der Waals surface area contributed by atoms with E-state index in [4.69, 9.17) is 9.47 Å². The van der Waals surface area contributed by atoms with E-state index in [1.165, 1.54) is 18.7 Å². The second-order valence-electron chi connectivity index (χ2n) is 7.76. The molecule has 0 unspecified atom stereocenters. The van der Waals surface area contributed by atoms with E-state index in [9.17, 15) is 23.2 Å². The smallest absolute Gasteiger partial charge is 0.407 e.